The van der Waals surface area contributed by atoms with Gasteiger partial charge in [0.05, 0.1) is 0 Å². The van der Waals surface area contributed by atoms with Gasteiger partial charge in [0.25, 0.3) is 5.91 Å². The lowest BCUT2D eigenvalue weighted by Gasteiger charge is -2.37. The fourth-order valence-electron chi connectivity index (χ4n) is 3.57. The molecule has 2 amide bonds. The Labute approximate surface area is 139 Å². The lowest BCUT2D eigenvalue weighted by atomic mass is 9.77. The van der Waals surface area contributed by atoms with Gasteiger partial charge in [0.15, 0.2) is 11.5 Å². The third-order valence-corrected chi connectivity index (χ3v) is 5.10. The number of hydrogen-bond acceptors (Lipinski definition) is 4. The number of rotatable bonds is 2. The summed E-state index contributed by atoms with van der Waals surface area (Å²) >= 11 is 0. The fraction of sp³-hybridized carbons (Fsp3) is 0.389. The molecule has 4 rings (SSSR count). The van der Waals surface area contributed by atoms with E-state index in [1.165, 1.54) is 0 Å². The number of amides is 2. The Balaban J connectivity index is 1.44. The number of benzene rings is 1. The molecular formula is C18H19N3O3. The van der Waals surface area contributed by atoms with Crippen LogP contribution in [0.4, 0.5) is 0 Å². The molecule has 2 aliphatic heterocycles. The molecule has 0 bridgehead atoms. The van der Waals surface area contributed by atoms with Gasteiger partial charge in [-0.3, -0.25) is 9.59 Å². The zero-order valence-corrected chi connectivity index (χ0v) is 13.3. The molecule has 0 saturated carbocycles. The van der Waals surface area contributed by atoms with Crippen LogP contribution in [0.25, 0.3) is 11.3 Å². The van der Waals surface area contributed by atoms with Gasteiger partial charge in [-0.2, -0.15) is 0 Å². The van der Waals surface area contributed by atoms with Crippen molar-refractivity contribution in [2.24, 2.45) is 5.41 Å². The predicted molar refractivity (Wildman–Crippen MR) is 87.1 cm³/mol. The summed E-state index contributed by atoms with van der Waals surface area (Å²) in [4.78, 5) is 25.9. The van der Waals surface area contributed by atoms with Crippen LogP contribution in [0.3, 0.4) is 0 Å². The van der Waals surface area contributed by atoms with Crippen molar-refractivity contribution in [1.82, 2.24) is 15.4 Å². The summed E-state index contributed by atoms with van der Waals surface area (Å²) in [5, 5.41) is 6.84. The van der Waals surface area contributed by atoms with Crippen LogP contribution in [0.5, 0.6) is 0 Å². The van der Waals surface area contributed by atoms with Crippen molar-refractivity contribution in [3.8, 4) is 11.3 Å². The molecule has 0 radical (unpaired) electrons. The first-order valence-electron chi connectivity index (χ1n) is 8.23. The first-order valence-corrected chi connectivity index (χ1v) is 8.23. The van der Waals surface area contributed by atoms with E-state index < -0.39 is 0 Å². The molecule has 2 saturated heterocycles. The van der Waals surface area contributed by atoms with Crippen LogP contribution < -0.4 is 5.32 Å². The summed E-state index contributed by atoms with van der Waals surface area (Å²) < 4.78 is 5.32. The first-order chi connectivity index (χ1) is 11.7. The second-order valence-electron chi connectivity index (χ2n) is 6.69. The quantitative estimate of drug-likeness (QED) is 0.917. The zero-order chi connectivity index (χ0) is 16.6. The predicted octanol–water partition coefficient (Wildman–Crippen LogP) is 2.08. The van der Waals surface area contributed by atoms with Gasteiger partial charge in [-0.1, -0.05) is 35.5 Å². The van der Waals surface area contributed by atoms with Gasteiger partial charge in [0, 0.05) is 37.7 Å². The summed E-state index contributed by atoms with van der Waals surface area (Å²) in [6.45, 7) is 2.04. The summed E-state index contributed by atoms with van der Waals surface area (Å²) in [7, 11) is 0. The molecule has 0 atom stereocenters. The maximum absolute atomic E-state index is 12.6. The van der Waals surface area contributed by atoms with Crippen molar-refractivity contribution in [1.29, 1.82) is 0 Å². The molecule has 1 aromatic carbocycles. The minimum atomic E-state index is -0.104. The van der Waals surface area contributed by atoms with Crippen LogP contribution in [0.2, 0.25) is 0 Å². The zero-order valence-electron chi connectivity index (χ0n) is 13.3. The van der Waals surface area contributed by atoms with Crippen LogP contribution >= 0.6 is 0 Å². The van der Waals surface area contributed by atoms with Gasteiger partial charge in [-0.25, -0.2) is 0 Å². The monoisotopic (exact) mass is 325 g/mol. The highest BCUT2D eigenvalue weighted by molar-refractivity contribution is 5.93. The van der Waals surface area contributed by atoms with Crippen molar-refractivity contribution >= 4 is 11.8 Å². The van der Waals surface area contributed by atoms with E-state index in [9.17, 15) is 9.59 Å². The number of nitrogens with zero attached hydrogens (tertiary/aromatic N) is 2. The molecular weight excluding hydrogens is 306 g/mol. The first kappa shape index (κ1) is 14.9. The van der Waals surface area contributed by atoms with Gasteiger partial charge in [0.2, 0.25) is 5.91 Å². The van der Waals surface area contributed by atoms with Crippen molar-refractivity contribution in [2.75, 3.05) is 19.6 Å². The Hall–Kier alpha value is -2.63. The highest BCUT2D eigenvalue weighted by Gasteiger charge is 2.42. The molecule has 6 nitrogen and oxygen atoms in total. The Morgan fingerprint density at radius 2 is 1.96 bits per heavy atom. The Morgan fingerprint density at radius 1 is 1.21 bits per heavy atom. The molecule has 2 aromatic rings. The summed E-state index contributed by atoms with van der Waals surface area (Å²) in [5.74, 6) is 0.616. The number of hydrogen-bond donors (Lipinski definition) is 1. The SMILES string of the molecule is O=C1CC2(CCN(C(=O)c3cc(-c4ccccc4)on3)CC2)CN1. The van der Waals surface area contributed by atoms with Crippen molar-refractivity contribution < 1.29 is 14.1 Å². The maximum atomic E-state index is 12.6. The lowest BCUT2D eigenvalue weighted by Crippen LogP contribution is -2.44. The number of carbonyl (C=O) groups is 2. The van der Waals surface area contributed by atoms with Gasteiger partial charge < -0.3 is 14.7 Å². The maximum Gasteiger partial charge on any atom is 0.276 e. The van der Waals surface area contributed by atoms with Crippen LogP contribution in [0.15, 0.2) is 40.9 Å². The highest BCUT2D eigenvalue weighted by atomic mass is 16.5. The Morgan fingerprint density at radius 3 is 2.62 bits per heavy atom. The molecule has 2 fully saturated rings. The third kappa shape index (κ3) is 2.68. The molecule has 124 valence electrons. The van der Waals surface area contributed by atoms with Crippen LogP contribution in [-0.4, -0.2) is 41.5 Å². The minimum Gasteiger partial charge on any atom is -0.356 e. The van der Waals surface area contributed by atoms with E-state index in [2.05, 4.69) is 10.5 Å². The average Bonchev–Trinajstić information content (AvgIpc) is 3.24. The van der Waals surface area contributed by atoms with E-state index >= 15 is 0 Å². The largest absolute Gasteiger partial charge is 0.356 e. The number of nitrogens with one attached hydrogen (secondary N) is 1. The van der Waals surface area contributed by atoms with Crippen molar-refractivity contribution in [2.45, 2.75) is 19.3 Å². The third-order valence-electron chi connectivity index (χ3n) is 5.10. The van der Waals surface area contributed by atoms with Crippen LogP contribution in [0, 0.1) is 5.41 Å². The molecule has 24 heavy (non-hydrogen) atoms. The second-order valence-corrected chi connectivity index (χ2v) is 6.69. The number of piperidine rings is 1. The van der Waals surface area contributed by atoms with Crippen LogP contribution in [-0.2, 0) is 4.79 Å². The van der Waals surface area contributed by atoms with E-state index in [1.807, 2.05) is 30.3 Å². The molecule has 2 aliphatic rings. The van der Waals surface area contributed by atoms with E-state index in [-0.39, 0.29) is 17.2 Å². The smallest absolute Gasteiger partial charge is 0.276 e. The normalized spacial score (nSPS) is 19.5. The lowest BCUT2D eigenvalue weighted by molar-refractivity contribution is -0.119. The van der Waals surface area contributed by atoms with Gasteiger partial charge >= 0.3 is 0 Å². The second kappa shape index (κ2) is 5.78. The minimum absolute atomic E-state index is 0.0346. The molecule has 1 aromatic heterocycles. The Kier molecular flexibility index (Phi) is 3.59. The molecule has 6 heteroatoms. The number of aromatic nitrogens is 1. The highest BCUT2D eigenvalue weighted by Crippen LogP contribution is 2.37. The van der Waals surface area contributed by atoms with Gasteiger partial charge in [-0.15, -0.1) is 0 Å². The van der Waals surface area contributed by atoms with Crippen LogP contribution in [0.1, 0.15) is 29.8 Å². The molecule has 1 spiro atoms. The topological polar surface area (TPSA) is 75.4 Å². The van der Waals surface area contributed by atoms with Crippen molar-refractivity contribution in [3.63, 3.8) is 0 Å². The Bertz CT molecular complexity index is 761. The standard InChI is InChI=1S/C18H19N3O3/c22-16-11-18(12-19-16)6-8-21(9-7-18)17(23)14-10-15(24-20-14)13-4-2-1-3-5-13/h1-5,10H,6-9,11-12H2,(H,19,22). The number of carbonyl (C=O) groups excluding carboxylic acids is 2. The average molecular weight is 325 g/mol. The summed E-state index contributed by atoms with van der Waals surface area (Å²) in [6, 6.07) is 11.3. The van der Waals surface area contributed by atoms with E-state index in [1.54, 1.807) is 11.0 Å². The van der Waals surface area contributed by atoms with E-state index in [0.717, 1.165) is 24.9 Å². The number of likely N-dealkylation sites (tertiary alicyclic amines) is 1. The fourth-order valence-corrected chi connectivity index (χ4v) is 3.57. The van der Waals surface area contributed by atoms with E-state index in [4.69, 9.17) is 4.52 Å². The molecule has 0 unspecified atom stereocenters. The molecule has 3 heterocycles. The van der Waals surface area contributed by atoms with Gasteiger partial charge in [-0.05, 0) is 18.3 Å². The van der Waals surface area contributed by atoms with Crippen molar-refractivity contribution in [3.05, 3.63) is 42.1 Å². The van der Waals surface area contributed by atoms with E-state index in [0.29, 0.717) is 31.0 Å². The summed E-state index contributed by atoms with van der Waals surface area (Å²) in [5.41, 5.74) is 1.27. The molecule has 0 aliphatic carbocycles. The summed E-state index contributed by atoms with van der Waals surface area (Å²) in [6.07, 6.45) is 2.28. The van der Waals surface area contributed by atoms with Gasteiger partial charge in [0.1, 0.15) is 0 Å². The molecule has 1 N–H and O–H groups in total.